The van der Waals surface area contributed by atoms with Gasteiger partial charge in [0.05, 0.1) is 33.8 Å². The van der Waals surface area contributed by atoms with Gasteiger partial charge in [0.15, 0.2) is 5.82 Å². The van der Waals surface area contributed by atoms with Crippen LogP contribution in [0.3, 0.4) is 0 Å². The monoisotopic (exact) mass is 968 g/mol. The lowest BCUT2D eigenvalue weighted by Gasteiger charge is -2.32. The summed E-state index contributed by atoms with van der Waals surface area (Å²) in [6.45, 7) is 2.30. The van der Waals surface area contributed by atoms with E-state index in [4.69, 9.17) is 40.7 Å². The fourth-order valence-electron chi connectivity index (χ4n) is 8.04. The minimum Gasteiger partial charge on any atom is -0.490 e. The number of nitriles is 1. The number of carbonyl (C=O) groups is 2. The molecule has 3 aliphatic rings. The first-order valence-electron chi connectivity index (χ1n) is 19.0. The van der Waals surface area contributed by atoms with Gasteiger partial charge in [-0.2, -0.15) is 54.7 Å². The number of alkyl halides is 10. The Labute approximate surface area is 366 Å². The van der Waals surface area contributed by atoms with Gasteiger partial charge in [-0.1, -0.05) is 12.1 Å². The molecule has 0 radical (unpaired) electrons. The fourth-order valence-corrected chi connectivity index (χ4v) is 8.99. The van der Waals surface area contributed by atoms with Gasteiger partial charge in [-0.3, -0.25) is 4.90 Å². The zero-order valence-corrected chi connectivity index (χ0v) is 34.3. The molecule has 0 amide bonds. The summed E-state index contributed by atoms with van der Waals surface area (Å²) in [4.78, 5) is 34.5. The second kappa shape index (κ2) is 18.0. The zero-order chi connectivity index (χ0) is 48.8. The quantitative estimate of drug-likeness (QED) is 0.118. The maximum absolute atomic E-state index is 17.4. The molecule has 0 spiro atoms. The molecule has 14 nitrogen and oxygen atoms in total. The summed E-state index contributed by atoms with van der Waals surface area (Å²) in [7, 11) is 0. The van der Waals surface area contributed by atoms with E-state index in [1.54, 1.807) is 24.0 Å². The van der Waals surface area contributed by atoms with Crippen LogP contribution in [0.2, 0.25) is 0 Å². The molecule has 27 heteroatoms. The number of thiophene rings is 1. The molecule has 354 valence electrons. The van der Waals surface area contributed by atoms with Crippen LogP contribution in [0.4, 0.5) is 69.3 Å². The molecule has 2 saturated heterocycles. The normalized spacial score (nSPS) is 18.8. The standard InChI is InChI=1S/C35H30F6N8O2S.2C2HF3O2/c1-16(18-4-2-8-45-30(18)43)49-10-11-50-28-24-27(46-33(47-32(24)49)51-15-34-7-3-9-48(34)14-17(36)12-34)26(38)23(25(28)35(39,40)41)19-5-6-21(37)29-22(19)20(13-42)31(44)52-29;2*3-2(4,5)1(6)7/h2,4-6,8,16-17H,3,7,9-12,14-15,44H2,1H3,(H2,43,45);2*(H,6,7)/t16-,17-,34+;;/m1../s1. The minimum absolute atomic E-state index is 0.0222. The van der Waals surface area contributed by atoms with Crippen molar-refractivity contribution in [3.63, 3.8) is 0 Å². The molecular formula is C39H32F12N8O6S. The van der Waals surface area contributed by atoms with Crippen molar-refractivity contribution in [2.24, 2.45) is 0 Å². The first-order chi connectivity index (χ1) is 30.7. The van der Waals surface area contributed by atoms with E-state index in [1.165, 1.54) is 6.20 Å². The highest BCUT2D eigenvalue weighted by Gasteiger charge is 2.50. The van der Waals surface area contributed by atoms with Gasteiger partial charge in [0.25, 0.3) is 0 Å². The number of hydrogen-bond acceptors (Lipinski definition) is 13. The van der Waals surface area contributed by atoms with Crippen LogP contribution < -0.4 is 25.8 Å². The number of carboxylic acid groups (broad SMARTS) is 2. The summed E-state index contributed by atoms with van der Waals surface area (Å²) in [6.07, 6.45) is -13.3. The molecule has 0 unspecified atom stereocenters. The molecule has 0 saturated carbocycles. The van der Waals surface area contributed by atoms with Gasteiger partial charge in [-0.05, 0) is 44.0 Å². The van der Waals surface area contributed by atoms with Crippen LogP contribution in [-0.4, -0.2) is 98.9 Å². The predicted molar refractivity (Wildman–Crippen MR) is 210 cm³/mol. The third kappa shape index (κ3) is 9.41. The SMILES string of the molecule is C[C@H](c1cccnc1N)N1CCOc2c(C(F)(F)F)c(-c3ccc(F)c4sc(N)c(C#N)c34)c(F)c3nc(OC[C@@]45CCCN4C[C@H](F)C5)nc1c23.O=C(O)C(F)(F)F.O=C(O)C(F)(F)F. The highest BCUT2D eigenvalue weighted by Crippen LogP contribution is 2.54. The summed E-state index contributed by atoms with van der Waals surface area (Å²) < 4.78 is 169. The lowest BCUT2D eigenvalue weighted by atomic mass is 9.91. The first-order valence-corrected chi connectivity index (χ1v) is 19.8. The van der Waals surface area contributed by atoms with Crippen LogP contribution in [-0.2, 0) is 15.8 Å². The smallest absolute Gasteiger partial charge is 0.490 e. The molecule has 5 aromatic rings. The maximum Gasteiger partial charge on any atom is 0.490 e. The highest BCUT2D eigenvalue weighted by molar-refractivity contribution is 7.23. The van der Waals surface area contributed by atoms with Crippen LogP contribution in [0.15, 0.2) is 30.5 Å². The first kappa shape index (κ1) is 48.9. The van der Waals surface area contributed by atoms with Crippen molar-refractivity contribution in [2.75, 3.05) is 49.2 Å². The Morgan fingerprint density at radius 2 is 1.68 bits per heavy atom. The lowest BCUT2D eigenvalue weighted by molar-refractivity contribution is -0.193. The molecule has 6 heterocycles. The van der Waals surface area contributed by atoms with E-state index < -0.39 is 87.8 Å². The number of nitrogen functional groups attached to an aromatic ring is 2. The Morgan fingerprint density at radius 1 is 1.03 bits per heavy atom. The molecule has 0 bridgehead atoms. The molecule has 0 aliphatic carbocycles. The van der Waals surface area contributed by atoms with Crippen LogP contribution in [0.1, 0.15) is 48.9 Å². The summed E-state index contributed by atoms with van der Waals surface area (Å²) >= 11 is 0.666. The fraction of sp³-hybridized carbons (Fsp3) is 0.385. The van der Waals surface area contributed by atoms with Crippen LogP contribution in [0, 0.1) is 23.0 Å². The molecule has 66 heavy (non-hydrogen) atoms. The number of rotatable bonds is 6. The van der Waals surface area contributed by atoms with Crippen molar-refractivity contribution in [3.05, 3.63) is 58.8 Å². The van der Waals surface area contributed by atoms with E-state index in [2.05, 4.69) is 15.0 Å². The number of pyridine rings is 1. The van der Waals surface area contributed by atoms with Crippen molar-refractivity contribution in [2.45, 2.75) is 62.5 Å². The number of benzene rings is 2. The Balaban J connectivity index is 0.000000448. The number of aromatic nitrogens is 3. The summed E-state index contributed by atoms with van der Waals surface area (Å²) in [5.41, 5.74) is 8.32. The largest absolute Gasteiger partial charge is 0.490 e. The molecule has 2 fully saturated rings. The number of nitrogens with zero attached hydrogens (tertiary/aromatic N) is 6. The number of nitrogens with two attached hydrogens (primary N) is 2. The lowest BCUT2D eigenvalue weighted by Crippen LogP contribution is -2.43. The number of fused-ring (bicyclic) bond motifs is 2. The molecule has 8 rings (SSSR count). The highest BCUT2D eigenvalue weighted by atomic mass is 32.1. The summed E-state index contributed by atoms with van der Waals surface area (Å²) in [6, 6.07) is 6.07. The number of anilines is 3. The van der Waals surface area contributed by atoms with E-state index in [-0.39, 0.29) is 76.4 Å². The maximum atomic E-state index is 17.4. The van der Waals surface area contributed by atoms with Crippen molar-refractivity contribution < 1.29 is 82.0 Å². The molecule has 3 aliphatic heterocycles. The molecule has 3 atom stereocenters. The number of hydrogen-bond donors (Lipinski definition) is 4. The Morgan fingerprint density at radius 3 is 2.27 bits per heavy atom. The van der Waals surface area contributed by atoms with Crippen molar-refractivity contribution in [1.29, 1.82) is 5.26 Å². The van der Waals surface area contributed by atoms with Gasteiger partial charge in [0.2, 0.25) is 0 Å². The van der Waals surface area contributed by atoms with Crippen molar-refractivity contribution in [1.82, 2.24) is 19.9 Å². The van der Waals surface area contributed by atoms with E-state index in [0.717, 1.165) is 18.6 Å². The number of carboxylic acids is 2. The van der Waals surface area contributed by atoms with Gasteiger partial charge >= 0.3 is 36.5 Å². The van der Waals surface area contributed by atoms with Gasteiger partial charge < -0.3 is 36.1 Å². The second-order valence-electron chi connectivity index (χ2n) is 14.9. The van der Waals surface area contributed by atoms with Gasteiger partial charge in [-0.25, -0.2) is 27.7 Å². The van der Waals surface area contributed by atoms with Crippen LogP contribution >= 0.6 is 11.3 Å². The molecular weight excluding hydrogens is 937 g/mol. The zero-order valence-electron chi connectivity index (χ0n) is 33.5. The Kier molecular flexibility index (Phi) is 13.3. The average Bonchev–Trinajstić information content (AvgIpc) is 3.83. The van der Waals surface area contributed by atoms with Crippen molar-refractivity contribution >= 4 is 60.9 Å². The number of ether oxygens (including phenoxy) is 2. The summed E-state index contributed by atoms with van der Waals surface area (Å²) in [5, 5.41) is 23.4. The van der Waals surface area contributed by atoms with Crippen LogP contribution in [0.5, 0.6) is 11.8 Å². The Hall–Kier alpha value is -6.56. The number of aliphatic carboxylic acids is 2. The average molecular weight is 969 g/mol. The predicted octanol–water partition coefficient (Wildman–Crippen LogP) is 8.42. The topological polar surface area (TPSA) is 214 Å². The van der Waals surface area contributed by atoms with E-state index >= 15 is 22.0 Å². The molecule has 6 N–H and O–H groups in total. The molecule has 3 aromatic heterocycles. The second-order valence-corrected chi connectivity index (χ2v) is 15.9. The van der Waals surface area contributed by atoms with Gasteiger partial charge in [-0.15, -0.1) is 11.3 Å². The van der Waals surface area contributed by atoms with E-state index in [1.807, 2.05) is 11.0 Å². The van der Waals surface area contributed by atoms with E-state index in [0.29, 0.717) is 29.9 Å². The molecule has 2 aromatic carbocycles. The van der Waals surface area contributed by atoms with Gasteiger partial charge in [0.1, 0.15) is 64.7 Å². The minimum atomic E-state index is -5.23. The Bertz CT molecular complexity index is 2720. The third-order valence-corrected chi connectivity index (χ3v) is 11.9. The van der Waals surface area contributed by atoms with Gasteiger partial charge in [0, 0.05) is 35.7 Å². The number of halogens is 12. The summed E-state index contributed by atoms with van der Waals surface area (Å²) in [5.74, 6) is -8.47. The third-order valence-electron chi connectivity index (χ3n) is 10.8. The van der Waals surface area contributed by atoms with Crippen LogP contribution in [0.25, 0.3) is 32.1 Å². The van der Waals surface area contributed by atoms with E-state index in [9.17, 15) is 36.0 Å². The van der Waals surface area contributed by atoms with Crippen molar-refractivity contribution in [3.8, 4) is 29.0 Å².